The lowest BCUT2D eigenvalue weighted by Crippen LogP contribution is -2.39. The Bertz CT molecular complexity index is 1330. The first kappa shape index (κ1) is 25.4. The lowest BCUT2D eigenvalue weighted by atomic mass is 9.93. The summed E-state index contributed by atoms with van der Waals surface area (Å²) in [6.07, 6.45) is -4.01. The fourth-order valence-corrected chi connectivity index (χ4v) is 5.00. The average Bonchev–Trinajstić information content (AvgIpc) is 3.26. The molecule has 2 N–H and O–H groups in total. The van der Waals surface area contributed by atoms with E-state index in [-0.39, 0.29) is 23.2 Å². The lowest BCUT2D eigenvalue weighted by molar-refractivity contribution is -0.137. The van der Waals surface area contributed by atoms with Gasteiger partial charge in [-0.3, -0.25) is 14.5 Å². The van der Waals surface area contributed by atoms with Crippen LogP contribution in [0.3, 0.4) is 0 Å². The molecule has 37 heavy (non-hydrogen) atoms. The predicted octanol–water partition coefficient (Wildman–Crippen LogP) is 3.53. The van der Waals surface area contributed by atoms with Crippen molar-refractivity contribution in [3.63, 3.8) is 0 Å². The molecule has 1 amide bonds. The van der Waals surface area contributed by atoms with Crippen LogP contribution in [-0.2, 0) is 20.4 Å². The number of morpholine rings is 1. The molecule has 0 saturated carbocycles. The van der Waals surface area contributed by atoms with Gasteiger partial charge in [0.2, 0.25) is 5.91 Å². The molecule has 10 heteroatoms. The highest BCUT2D eigenvalue weighted by molar-refractivity contribution is 5.90. The molecule has 2 aromatic carbocycles. The van der Waals surface area contributed by atoms with Gasteiger partial charge < -0.3 is 19.8 Å². The Hall–Kier alpha value is -3.21. The van der Waals surface area contributed by atoms with Crippen molar-refractivity contribution in [3.8, 4) is 11.3 Å². The average molecular weight is 516 g/mol. The van der Waals surface area contributed by atoms with E-state index in [0.717, 1.165) is 38.9 Å². The van der Waals surface area contributed by atoms with Crippen molar-refractivity contribution in [2.45, 2.75) is 24.6 Å². The van der Waals surface area contributed by atoms with E-state index < -0.39 is 23.2 Å². The molecule has 0 aliphatic carbocycles. The Balaban J connectivity index is 1.28. The van der Waals surface area contributed by atoms with Crippen molar-refractivity contribution in [1.29, 1.82) is 0 Å². The lowest BCUT2D eigenvalue weighted by Gasteiger charge is -2.26. The zero-order chi connectivity index (χ0) is 26.0. The third-order valence-electron chi connectivity index (χ3n) is 6.95. The van der Waals surface area contributed by atoms with Gasteiger partial charge >= 0.3 is 6.18 Å². The number of nitrogens with zero attached hydrogens (tertiary/aromatic N) is 1. The summed E-state index contributed by atoms with van der Waals surface area (Å²) in [4.78, 5) is 30.4. The second kappa shape index (κ2) is 10.6. The molecule has 196 valence electrons. The third kappa shape index (κ3) is 5.71. The van der Waals surface area contributed by atoms with Crippen molar-refractivity contribution in [3.05, 3.63) is 70.0 Å². The molecule has 7 nitrogen and oxygen atoms in total. The molecule has 5 rings (SSSR count). The smallest absolute Gasteiger partial charge is 0.379 e. The quantitative estimate of drug-likeness (QED) is 0.471. The molecule has 3 aromatic rings. The number of hydrogen-bond acceptors (Lipinski definition) is 5. The van der Waals surface area contributed by atoms with Gasteiger partial charge in [0.1, 0.15) is 0 Å². The summed E-state index contributed by atoms with van der Waals surface area (Å²) < 4.78 is 51.6. The van der Waals surface area contributed by atoms with Crippen molar-refractivity contribution < 1.29 is 27.4 Å². The monoisotopic (exact) mass is 515 g/mol. The number of fused-ring (bicyclic) bond motifs is 1. The molecule has 3 heterocycles. The van der Waals surface area contributed by atoms with Crippen LogP contribution in [0.5, 0.6) is 0 Å². The maximum Gasteiger partial charge on any atom is 0.417 e. The number of ether oxygens (including phenoxy) is 2. The summed E-state index contributed by atoms with van der Waals surface area (Å²) >= 11 is 0. The first-order valence-electron chi connectivity index (χ1n) is 12.3. The van der Waals surface area contributed by atoms with E-state index in [1.165, 1.54) is 24.3 Å². The van der Waals surface area contributed by atoms with E-state index in [9.17, 15) is 22.8 Å². The number of amides is 1. The summed E-state index contributed by atoms with van der Waals surface area (Å²) in [5, 5.41) is 3.79. The molecule has 2 aliphatic heterocycles. The van der Waals surface area contributed by atoms with E-state index in [0.29, 0.717) is 36.0 Å². The largest absolute Gasteiger partial charge is 0.417 e. The minimum absolute atomic E-state index is 0.0890. The number of carbonyl (C=O) groups is 1. The number of aromatic amines is 1. The predicted molar refractivity (Wildman–Crippen MR) is 132 cm³/mol. The van der Waals surface area contributed by atoms with E-state index >= 15 is 0 Å². The molecule has 0 spiro atoms. The van der Waals surface area contributed by atoms with Crippen molar-refractivity contribution in [2.75, 3.05) is 46.1 Å². The number of carbonyl (C=O) groups excluding carboxylic acids is 1. The van der Waals surface area contributed by atoms with Gasteiger partial charge in [0.25, 0.3) is 5.56 Å². The van der Waals surface area contributed by atoms with Gasteiger partial charge in [-0.15, -0.1) is 0 Å². The molecule has 2 fully saturated rings. The van der Waals surface area contributed by atoms with Gasteiger partial charge in [-0.25, -0.2) is 0 Å². The standard InChI is InChI=1S/C27H28F3N3O4/c28-27(29,30)23-4-2-1-3-20(23)24-14-18-6-5-17(13-21(18)26(35)32-24)22-15-19(31-25(22)34)16-37-12-9-33-7-10-36-11-8-33/h1-6,13-14,19,22H,7-12,15-16H2,(H,31,34)(H,32,35)/t19?,22-/m1/s1. The van der Waals surface area contributed by atoms with Crippen LogP contribution >= 0.6 is 0 Å². The Morgan fingerprint density at radius 2 is 1.84 bits per heavy atom. The Labute approximate surface area is 211 Å². The Kier molecular flexibility index (Phi) is 7.32. The number of hydrogen-bond donors (Lipinski definition) is 2. The molecule has 0 bridgehead atoms. The van der Waals surface area contributed by atoms with Crippen molar-refractivity contribution >= 4 is 16.7 Å². The number of benzene rings is 2. The van der Waals surface area contributed by atoms with Gasteiger partial charge in [0.05, 0.1) is 44.0 Å². The Morgan fingerprint density at radius 3 is 2.62 bits per heavy atom. The topological polar surface area (TPSA) is 83.7 Å². The molecule has 1 unspecified atom stereocenters. The Morgan fingerprint density at radius 1 is 1.05 bits per heavy atom. The molecular weight excluding hydrogens is 487 g/mol. The van der Waals surface area contributed by atoms with Crippen LogP contribution in [0.4, 0.5) is 13.2 Å². The molecule has 0 radical (unpaired) electrons. The maximum atomic E-state index is 13.5. The summed E-state index contributed by atoms with van der Waals surface area (Å²) in [5.41, 5.74) is -0.638. The summed E-state index contributed by atoms with van der Waals surface area (Å²) in [7, 11) is 0. The van der Waals surface area contributed by atoms with Crippen LogP contribution in [0.15, 0.2) is 53.3 Å². The summed E-state index contributed by atoms with van der Waals surface area (Å²) in [6, 6.07) is 11.6. The summed E-state index contributed by atoms with van der Waals surface area (Å²) in [5.74, 6) is -0.560. The number of aromatic nitrogens is 1. The normalized spacial score (nSPS) is 20.9. The van der Waals surface area contributed by atoms with E-state index in [1.54, 1.807) is 18.2 Å². The molecule has 1 aromatic heterocycles. The van der Waals surface area contributed by atoms with Gasteiger partial charge in [-0.2, -0.15) is 13.2 Å². The fraction of sp³-hybridized carbons (Fsp3) is 0.407. The van der Waals surface area contributed by atoms with Gasteiger partial charge in [0, 0.05) is 36.3 Å². The highest BCUT2D eigenvalue weighted by Crippen LogP contribution is 2.37. The molecule has 2 saturated heterocycles. The minimum Gasteiger partial charge on any atom is -0.379 e. The SMILES string of the molecule is O=C1NC(COCCN2CCOCC2)C[C@@H]1c1ccc2cc(-c3ccccc3C(F)(F)F)[nH]c(=O)c2c1. The molecule has 2 aliphatic rings. The first-order chi connectivity index (χ1) is 17.8. The van der Waals surface area contributed by atoms with E-state index in [4.69, 9.17) is 9.47 Å². The highest BCUT2D eigenvalue weighted by atomic mass is 19.4. The number of rotatable bonds is 7. The van der Waals surface area contributed by atoms with Gasteiger partial charge in [-0.1, -0.05) is 30.3 Å². The van der Waals surface area contributed by atoms with Crippen LogP contribution in [0.2, 0.25) is 0 Å². The van der Waals surface area contributed by atoms with Crippen molar-refractivity contribution in [1.82, 2.24) is 15.2 Å². The molecule has 2 atom stereocenters. The fourth-order valence-electron chi connectivity index (χ4n) is 5.00. The number of nitrogens with one attached hydrogen (secondary N) is 2. The van der Waals surface area contributed by atoms with Crippen LogP contribution < -0.4 is 10.9 Å². The van der Waals surface area contributed by atoms with Crippen molar-refractivity contribution in [2.24, 2.45) is 0 Å². The van der Waals surface area contributed by atoms with Gasteiger partial charge in [-0.05, 0) is 35.6 Å². The molecular formula is C27H28F3N3O4. The van der Waals surface area contributed by atoms with E-state index in [1.807, 2.05) is 0 Å². The third-order valence-corrected chi connectivity index (χ3v) is 6.95. The second-order valence-electron chi connectivity index (χ2n) is 9.42. The highest BCUT2D eigenvalue weighted by Gasteiger charge is 2.35. The minimum atomic E-state index is -4.55. The van der Waals surface area contributed by atoms with Crippen LogP contribution in [-0.4, -0.2) is 67.9 Å². The number of pyridine rings is 1. The number of H-pyrrole nitrogens is 1. The van der Waals surface area contributed by atoms with Crippen LogP contribution in [0, 0.1) is 0 Å². The zero-order valence-electron chi connectivity index (χ0n) is 20.1. The van der Waals surface area contributed by atoms with Crippen LogP contribution in [0.1, 0.15) is 23.5 Å². The van der Waals surface area contributed by atoms with Gasteiger partial charge in [0.15, 0.2) is 0 Å². The van der Waals surface area contributed by atoms with E-state index in [2.05, 4.69) is 15.2 Å². The number of alkyl halides is 3. The zero-order valence-corrected chi connectivity index (χ0v) is 20.1. The number of halogens is 3. The summed E-state index contributed by atoms with van der Waals surface area (Å²) in [6.45, 7) is 5.04. The maximum absolute atomic E-state index is 13.5. The first-order valence-corrected chi connectivity index (χ1v) is 12.3. The second-order valence-corrected chi connectivity index (χ2v) is 9.42. The van der Waals surface area contributed by atoms with Crippen LogP contribution in [0.25, 0.3) is 22.0 Å².